The molecule has 0 spiro atoms. The van der Waals surface area contributed by atoms with E-state index >= 15 is 0 Å². The van der Waals surface area contributed by atoms with Gasteiger partial charge in [0.25, 0.3) is 0 Å². The quantitative estimate of drug-likeness (QED) is 0.715. The summed E-state index contributed by atoms with van der Waals surface area (Å²) >= 11 is 0. The van der Waals surface area contributed by atoms with Gasteiger partial charge < -0.3 is 14.9 Å². The minimum Gasteiger partial charge on any atom is -0.495 e. The molecule has 0 aliphatic carbocycles. The molecule has 0 amide bonds. The summed E-state index contributed by atoms with van der Waals surface area (Å²) in [6, 6.07) is 5.96. The summed E-state index contributed by atoms with van der Waals surface area (Å²) in [6.07, 6.45) is 1.51. The third-order valence-corrected chi connectivity index (χ3v) is 3.09. The Bertz CT molecular complexity index is 471. The number of ether oxygens (including phenoxy) is 1. The molecule has 4 heteroatoms. The number of rotatable bonds is 8. The Morgan fingerprint density at radius 2 is 2.00 bits per heavy atom. The van der Waals surface area contributed by atoms with Crippen molar-refractivity contribution in [1.29, 1.82) is 0 Å². The lowest BCUT2D eigenvalue weighted by Gasteiger charge is -2.21. The fourth-order valence-corrected chi connectivity index (χ4v) is 2.15. The molecule has 0 heterocycles. The molecule has 0 atom stereocenters. The highest BCUT2D eigenvalue weighted by Crippen LogP contribution is 2.20. The van der Waals surface area contributed by atoms with E-state index in [4.69, 9.17) is 14.9 Å². The van der Waals surface area contributed by atoms with Crippen molar-refractivity contribution in [1.82, 2.24) is 4.90 Å². The summed E-state index contributed by atoms with van der Waals surface area (Å²) in [5.41, 5.74) is 1.98. The van der Waals surface area contributed by atoms with Gasteiger partial charge in [-0.2, -0.15) is 0 Å². The topological polar surface area (TPSA) is 52.9 Å². The number of methoxy groups -OCH3 is 1. The molecule has 4 nitrogen and oxygen atoms in total. The van der Waals surface area contributed by atoms with E-state index in [-0.39, 0.29) is 13.2 Å². The Hall–Kier alpha value is -1.54. The lowest BCUT2D eigenvalue weighted by Crippen LogP contribution is -2.27. The maximum absolute atomic E-state index is 9.11. The Kier molecular flexibility index (Phi) is 8.53. The molecular weight excluding hydrogens is 266 g/mol. The van der Waals surface area contributed by atoms with E-state index in [9.17, 15) is 0 Å². The van der Waals surface area contributed by atoms with Crippen LogP contribution >= 0.6 is 0 Å². The molecule has 1 aromatic carbocycles. The van der Waals surface area contributed by atoms with E-state index in [0.717, 1.165) is 36.4 Å². The van der Waals surface area contributed by atoms with Crippen LogP contribution in [-0.2, 0) is 6.54 Å². The molecule has 21 heavy (non-hydrogen) atoms. The average molecular weight is 291 g/mol. The first kappa shape index (κ1) is 17.5. The predicted molar refractivity (Wildman–Crippen MR) is 84.2 cm³/mol. The van der Waals surface area contributed by atoms with Gasteiger partial charge in [0.05, 0.1) is 25.9 Å². The SMILES string of the molecule is CCCN(CCO)Cc1ccc(OC)c(C#CCCO)c1. The van der Waals surface area contributed by atoms with Crippen molar-refractivity contribution in [2.75, 3.05) is 33.4 Å². The second-order valence-corrected chi connectivity index (χ2v) is 4.81. The lowest BCUT2D eigenvalue weighted by molar-refractivity contribution is 0.190. The van der Waals surface area contributed by atoms with Crippen LogP contribution in [0.25, 0.3) is 0 Å². The maximum Gasteiger partial charge on any atom is 0.134 e. The van der Waals surface area contributed by atoms with Gasteiger partial charge in [0, 0.05) is 19.5 Å². The Morgan fingerprint density at radius 1 is 1.19 bits per heavy atom. The van der Waals surface area contributed by atoms with Crippen molar-refractivity contribution in [2.24, 2.45) is 0 Å². The third kappa shape index (κ3) is 6.17. The van der Waals surface area contributed by atoms with Gasteiger partial charge in [0.15, 0.2) is 0 Å². The largest absolute Gasteiger partial charge is 0.495 e. The first-order valence-corrected chi connectivity index (χ1v) is 7.35. The summed E-state index contributed by atoms with van der Waals surface area (Å²) in [5, 5.41) is 17.9. The fraction of sp³-hybridized carbons (Fsp3) is 0.529. The number of benzene rings is 1. The molecule has 0 unspecified atom stereocenters. The standard InChI is InChI=1S/C17H25NO3/c1-3-9-18(10-12-20)14-15-7-8-17(21-2)16(13-15)6-4-5-11-19/h7-8,13,19-20H,3,5,9-12,14H2,1-2H3. The van der Waals surface area contributed by atoms with Gasteiger partial charge in [-0.25, -0.2) is 0 Å². The average Bonchev–Trinajstić information content (AvgIpc) is 2.48. The molecule has 0 aromatic heterocycles. The van der Waals surface area contributed by atoms with Gasteiger partial charge in [-0.05, 0) is 30.7 Å². The molecule has 0 fully saturated rings. The summed E-state index contributed by atoms with van der Waals surface area (Å²) in [6.45, 7) is 4.77. The number of nitrogens with zero attached hydrogens (tertiary/aromatic N) is 1. The van der Waals surface area contributed by atoms with Gasteiger partial charge in [0.1, 0.15) is 5.75 Å². The molecule has 2 N–H and O–H groups in total. The van der Waals surface area contributed by atoms with Crippen molar-refractivity contribution in [3.63, 3.8) is 0 Å². The summed E-state index contributed by atoms with van der Waals surface area (Å²) in [7, 11) is 1.63. The van der Waals surface area contributed by atoms with Gasteiger partial charge in [0.2, 0.25) is 0 Å². The van der Waals surface area contributed by atoms with Crippen LogP contribution in [0.15, 0.2) is 18.2 Å². The number of hydrogen-bond donors (Lipinski definition) is 2. The second-order valence-electron chi connectivity index (χ2n) is 4.81. The fourth-order valence-electron chi connectivity index (χ4n) is 2.15. The van der Waals surface area contributed by atoms with Crippen LogP contribution in [0.4, 0.5) is 0 Å². The smallest absolute Gasteiger partial charge is 0.134 e. The van der Waals surface area contributed by atoms with Gasteiger partial charge in [-0.1, -0.05) is 24.8 Å². The van der Waals surface area contributed by atoms with Crippen molar-refractivity contribution >= 4 is 0 Å². The van der Waals surface area contributed by atoms with Gasteiger partial charge in [-0.3, -0.25) is 4.90 Å². The van der Waals surface area contributed by atoms with Crippen molar-refractivity contribution in [3.8, 4) is 17.6 Å². The van der Waals surface area contributed by atoms with E-state index in [0.29, 0.717) is 13.0 Å². The maximum atomic E-state index is 9.11. The molecule has 1 rings (SSSR count). The Labute approximate surface area is 127 Å². The minimum absolute atomic E-state index is 0.0653. The summed E-state index contributed by atoms with van der Waals surface area (Å²) in [4.78, 5) is 2.22. The highest BCUT2D eigenvalue weighted by Gasteiger charge is 2.07. The molecule has 1 aromatic rings. The van der Waals surface area contributed by atoms with Crippen molar-refractivity contribution in [2.45, 2.75) is 26.3 Å². The number of aliphatic hydroxyl groups excluding tert-OH is 2. The monoisotopic (exact) mass is 291 g/mol. The summed E-state index contributed by atoms with van der Waals surface area (Å²) < 4.78 is 5.31. The molecular formula is C17H25NO3. The summed E-state index contributed by atoms with van der Waals surface area (Å²) in [5.74, 6) is 6.71. The second kappa shape index (κ2) is 10.2. The highest BCUT2D eigenvalue weighted by molar-refractivity contribution is 5.48. The zero-order valence-electron chi connectivity index (χ0n) is 12.9. The van der Waals surface area contributed by atoms with Crippen LogP contribution in [0.2, 0.25) is 0 Å². The van der Waals surface area contributed by atoms with Crippen LogP contribution in [0.1, 0.15) is 30.9 Å². The van der Waals surface area contributed by atoms with E-state index in [2.05, 4.69) is 23.7 Å². The molecule has 0 radical (unpaired) electrons. The van der Waals surface area contributed by atoms with Crippen LogP contribution < -0.4 is 4.74 Å². The Balaban J connectivity index is 2.88. The zero-order chi connectivity index (χ0) is 15.5. The third-order valence-electron chi connectivity index (χ3n) is 3.09. The minimum atomic E-state index is 0.0653. The normalized spacial score (nSPS) is 10.3. The van der Waals surface area contributed by atoms with E-state index in [1.165, 1.54) is 0 Å². The van der Waals surface area contributed by atoms with E-state index < -0.39 is 0 Å². The molecule has 0 aliphatic heterocycles. The molecule has 0 bridgehead atoms. The lowest BCUT2D eigenvalue weighted by atomic mass is 10.1. The number of hydrogen-bond acceptors (Lipinski definition) is 4. The number of aliphatic hydroxyl groups is 2. The first-order valence-electron chi connectivity index (χ1n) is 7.35. The van der Waals surface area contributed by atoms with Crippen LogP contribution in [-0.4, -0.2) is 48.5 Å². The predicted octanol–water partition coefficient (Wildman–Crippen LogP) is 1.63. The highest BCUT2D eigenvalue weighted by atomic mass is 16.5. The first-order chi connectivity index (χ1) is 10.2. The van der Waals surface area contributed by atoms with E-state index in [1.54, 1.807) is 7.11 Å². The van der Waals surface area contributed by atoms with Crippen molar-refractivity contribution < 1.29 is 14.9 Å². The van der Waals surface area contributed by atoms with E-state index in [1.807, 2.05) is 18.2 Å². The van der Waals surface area contributed by atoms with Crippen LogP contribution in [0.5, 0.6) is 5.75 Å². The molecule has 0 saturated carbocycles. The van der Waals surface area contributed by atoms with Crippen molar-refractivity contribution in [3.05, 3.63) is 29.3 Å². The van der Waals surface area contributed by atoms with Crippen LogP contribution in [0, 0.1) is 11.8 Å². The van der Waals surface area contributed by atoms with Crippen LogP contribution in [0.3, 0.4) is 0 Å². The van der Waals surface area contributed by atoms with Gasteiger partial charge >= 0.3 is 0 Å². The molecule has 116 valence electrons. The zero-order valence-corrected chi connectivity index (χ0v) is 12.9. The molecule has 0 saturated heterocycles. The van der Waals surface area contributed by atoms with Gasteiger partial charge in [-0.15, -0.1) is 0 Å². The molecule has 0 aliphatic rings. The Morgan fingerprint density at radius 3 is 2.62 bits per heavy atom.